The van der Waals surface area contributed by atoms with Crippen LogP contribution < -0.4 is 0 Å². The lowest BCUT2D eigenvalue weighted by atomic mass is 10.6. The minimum atomic E-state index is 0.290. The second-order valence-corrected chi connectivity index (χ2v) is 1.98. The van der Waals surface area contributed by atoms with E-state index in [9.17, 15) is 0 Å². The second-order valence-electron chi connectivity index (χ2n) is 1.98. The first kappa shape index (κ1) is 6.56. The van der Waals surface area contributed by atoms with Gasteiger partial charge in [-0.25, -0.2) is 9.50 Å². The molecule has 2 aromatic heterocycles. The van der Waals surface area contributed by atoms with Crippen molar-refractivity contribution >= 4 is 11.6 Å². The summed E-state index contributed by atoms with van der Waals surface area (Å²) in [5.74, 6) is 0.706. The topological polar surface area (TPSA) is 91.8 Å². The Kier molecular flexibility index (Phi) is 1.36. The van der Waals surface area contributed by atoms with Crippen LogP contribution in [0.4, 0.5) is 5.82 Å². The summed E-state index contributed by atoms with van der Waals surface area (Å²) in [4.78, 5) is 10.3. The van der Waals surface area contributed by atoms with E-state index < -0.39 is 0 Å². The van der Waals surface area contributed by atoms with Crippen LogP contribution in [0, 0.1) is 0 Å². The molecule has 2 aromatic rings. The Morgan fingerprint density at radius 2 is 2.50 bits per heavy atom. The number of hydrogen-bond donors (Lipinski definition) is 0. The smallest absolute Gasteiger partial charge is 0.209 e. The lowest BCUT2D eigenvalue weighted by Crippen LogP contribution is -1.88. The number of azide groups is 1. The molecule has 7 nitrogen and oxygen atoms in total. The van der Waals surface area contributed by atoms with Crippen LogP contribution in [-0.4, -0.2) is 19.6 Å². The van der Waals surface area contributed by atoms with E-state index in [4.69, 9.17) is 5.53 Å². The minimum absolute atomic E-state index is 0.290. The second kappa shape index (κ2) is 2.48. The van der Waals surface area contributed by atoms with Crippen molar-refractivity contribution in [3.63, 3.8) is 0 Å². The van der Waals surface area contributed by atoms with Gasteiger partial charge in [-0.1, -0.05) is 0 Å². The Bertz CT molecular complexity index is 452. The number of hydrogen-bond acceptors (Lipinski definition) is 4. The maximum Gasteiger partial charge on any atom is 0.252 e. The van der Waals surface area contributed by atoms with Crippen molar-refractivity contribution in [3.05, 3.63) is 29.0 Å². The zero-order valence-electron chi connectivity index (χ0n) is 5.86. The normalized spacial score (nSPS) is 9.67. The molecule has 2 heterocycles. The Hall–Kier alpha value is -2.14. The summed E-state index contributed by atoms with van der Waals surface area (Å²) in [6, 6.07) is 1.56. The van der Waals surface area contributed by atoms with Crippen molar-refractivity contribution in [1.29, 1.82) is 0 Å². The van der Waals surface area contributed by atoms with Gasteiger partial charge in [0.15, 0.2) is 0 Å². The third kappa shape index (κ3) is 0.938. The number of aromatic nitrogens is 4. The standard InChI is InChI=1S/C5H3N7/c6-11-10-4-1-2-12-5(9-4)7-3-8-12/h1-3H. The van der Waals surface area contributed by atoms with Gasteiger partial charge in [0, 0.05) is 11.1 Å². The molecule has 7 heteroatoms. The molecule has 0 radical (unpaired) electrons. The fourth-order valence-corrected chi connectivity index (χ4v) is 0.808. The van der Waals surface area contributed by atoms with E-state index in [1.165, 1.54) is 10.8 Å². The van der Waals surface area contributed by atoms with Crippen LogP contribution in [-0.2, 0) is 0 Å². The molecule has 12 heavy (non-hydrogen) atoms. The largest absolute Gasteiger partial charge is 0.252 e. The molecular formula is C5H3N7. The molecule has 0 spiro atoms. The van der Waals surface area contributed by atoms with Gasteiger partial charge in [-0.2, -0.15) is 10.1 Å². The first-order valence-corrected chi connectivity index (χ1v) is 3.11. The van der Waals surface area contributed by atoms with Gasteiger partial charge in [0.2, 0.25) is 0 Å². The van der Waals surface area contributed by atoms with Gasteiger partial charge < -0.3 is 0 Å². The molecule has 0 bridgehead atoms. The maximum atomic E-state index is 8.12. The van der Waals surface area contributed by atoms with Crippen molar-refractivity contribution < 1.29 is 0 Å². The van der Waals surface area contributed by atoms with Crippen LogP contribution in [0.15, 0.2) is 23.7 Å². The highest BCUT2D eigenvalue weighted by Crippen LogP contribution is 2.06. The van der Waals surface area contributed by atoms with E-state index in [0.717, 1.165) is 0 Å². The van der Waals surface area contributed by atoms with Crippen LogP contribution in [0.1, 0.15) is 0 Å². The molecule has 0 N–H and O–H groups in total. The number of rotatable bonds is 1. The van der Waals surface area contributed by atoms with Gasteiger partial charge in [-0.15, -0.1) is 0 Å². The molecule has 0 saturated carbocycles. The zero-order valence-corrected chi connectivity index (χ0v) is 5.86. The molecule has 0 fully saturated rings. The fourth-order valence-electron chi connectivity index (χ4n) is 0.808. The van der Waals surface area contributed by atoms with E-state index in [-0.39, 0.29) is 5.82 Å². The molecule has 0 aliphatic carbocycles. The average molecular weight is 161 g/mol. The van der Waals surface area contributed by atoms with E-state index >= 15 is 0 Å². The summed E-state index contributed by atoms with van der Waals surface area (Å²) < 4.78 is 1.48. The zero-order chi connectivity index (χ0) is 8.39. The summed E-state index contributed by atoms with van der Waals surface area (Å²) in [5, 5.41) is 7.15. The molecule has 58 valence electrons. The van der Waals surface area contributed by atoms with E-state index in [2.05, 4.69) is 25.1 Å². The summed E-state index contributed by atoms with van der Waals surface area (Å²) in [6.07, 6.45) is 3.00. The van der Waals surface area contributed by atoms with Crippen LogP contribution in [0.3, 0.4) is 0 Å². The highest BCUT2D eigenvalue weighted by molar-refractivity contribution is 5.35. The summed E-state index contributed by atoms with van der Waals surface area (Å²) in [6.45, 7) is 0. The van der Waals surface area contributed by atoms with E-state index in [1.807, 2.05) is 0 Å². The monoisotopic (exact) mass is 161 g/mol. The van der Waals surface area contributed by atoms with Crippen molar-refractivity contribution in [1.82, 2.24) is 19.6 Å². The van der Waals surface area contributed by atoms with E-state index in [0.29, 0.717) is 5.78 Å². The lowest BCUT2D eigenvalue weighted by molar-refractivity contribution is 0.938. The number of nitrogens with zero attached hydrogens (tertiary/aromatic N) is 7. The predicted octanol–water partition coefficient (Wildman–Crippen LogP) is 1.07. The third-order valence-corrected chi connectivity index (χ3v) is 1.28. The molecule has 0 aliphatic heterocycles. The molecule has 0 atom stereocenters. The van der Waals surface area contributed by atoms with Crippen molar-refractivity contribution in [3.8, 4) is 0 Å². The molecule has 0 aromatic carbocycles. The summed E-state index contributed by atoms with van der Waals surface area (Å²) in [5.41, 5.74) is 8.12. The van der Waals surface area contributed by atoms with Gasteiger partial charge >= 0.3 is 0 Å². The lowest BCUT2D eigenvalue weighted by Gasteiger charge is -1.90. The summed E-state index contributed by atoms with van der Waals surface area (Å²) >= 11 is 0. The van der Waals surface area contributed by atoms with E-state index in [1.54, 1.807) is 12.3 Å². The van der Waals surface area contributed by atoms with Gasteiger partial charge in [0.25, 0.3) is 5.78 Å². The molecule has 0 saturated heterocycles. The van der Waals surface area contributed by atoms with Crippen LogP contribution in [0.2, 0.25) is 0 Å². The van der Waals surface area contributed by atoms with Gasteiger partial charge in [-0.3, -0.25) is 0 Å². The van der Waals surface area contributed by atoms with Crippen LogP contribution in [0.25, 0.3) is 16.2 Å². The Balaban J connectivity index is 2.67. The maximum absolute atomic E-state index is 8.12. The fraction of sp³-hybridized carbons (Fsp3) is 0. The SMILES string of the molecule is [N-]=[N+]=Nc1ccn2ncnc2n1. The van der Waals surface area contributed by atoms with Crippen LogP contribution >= 0.6 is 0 Å². The average Bonchev–Trinajstić information content (AvgIpc) is 2.51. The first-order chi connectivity index (χ1) is 5.90. The summed E-state index contributed by atoms with van der Waals surface area (Å²) in [7, 11) is 0. The minimum Gasteiger partial charge on any atom is -0.209 e. The molecule has 0 amide bonds. The molecule has 0 unspecified atom stereocenters. The Labute approximate surface area is 66.3 Å². The molecule has 0 aliphatic rings. The van der Waals surface area contributed by atoms with Gasteiger partial charge in [0.05, 0.1) is 0 Å². The predicted molar refractivity (Wildman–Crippen MR) is 39.6 cm³/mol. The molecular weight excluding hydrogens is 158 g/mol. The first-order valence-electron chi connectivity index (χ1n) is 3.11. The van der Waals surface area contributed by atoms with Crippen molar-refractivity contribution in [2.24, 2.45) is 5.11 Å². The van der Waals surface area contributed by atoms with Crippen LogP contribution in [0.5, 0.6) is 0 Å². The van der Waals surface area contributed by atoms with Crippen molar-refractivity contribution in [2.45, 2.75) is 0 Å². The van der Waals surface area contributed by atoms with Crippen molar-refractivity contribution in [2.75, 3.05) is 0 Å². The Morgan fingerprint density at radius 3 is 3.33 bits per heavy atom. The Morgan fingerprint density at radius 1 is 1.58 bits per heavy atom. The third-order valence-electron chi connectivity index (χ3n) is 1.28. The molecule has 2 rings (SSSR count). The highest BCUT2D eigenvalue weighted by Gasteiger charge is 1.95. The number of fused-ring (bicyclic) bond motifs is 1. The highest BCUT2D eigenvalue weighted by atomic mass is 15.3. The van der Waals surface area contributed by atoms with Gasteiger partial charge in [-0.05, 0) is 16.7 Å². The quantitative estimate of drug-likeness (QED) is 0.355. The van der Waals surface area contributed by atoms with Gasteiger partial charge in [0.1, 0.15) is 12.1 Å².